The van der Waals surface area contributed by atoms with E-state index in [1.54, 1.807) is 0 Å². The van der Waals surface area contributed by atoms with E-state index in [2.05, 4.69) is 39.2 Å². The third-order valence-electron chi connectivity index (χ3n) is 5.77. The average Bonchev–Trinajstić information content (AvgIpc) is 3.32. The zero-order valence-electron chi connectivity index (χ0n) is 15.7. The minimum absolute atomic E-state index is 0.131. The van der Waals surface area contributed by atoms with Gasteiger partial charge in [0.15, 0.2) is 11.6 Å². The summed E-state index contributed by atoms with van der Waals surface area (Å²) in [5.74, 6) is 1.75. The zero-order valence-corrected chi connectivity index (χ0v) is 15.7. The van der Waals surface area contributed by atoms with Crippen molar-refractivity contribution in [3.8, 4) is 0 Å². The fourth-order valence-corrected chi connectivity index (χ4v) is 4.29. The van der Waals surface area contributed by atoms with Gasteiger partial charge in [0.05, 0.1) is 19.3 Å². The molecule has 3 aliphatic rings. The number of urea groups is 1. The molecular weight excluding hydrogens is 334 g/mol. The van der Waals surface area contributed by atoms with Gasteiger partial charge in [-0.2, -0.15) is 0 Å². The van der Waals surface area contributed by atoms with Gasteiger partial charge in [-0.3, -0.25) is 0 Å². The third kappa shape index (κ3) is 3.44. The number of hydrogen-bond acceptors (Lipinski definition) is 5. The lowest BCUT2D eigenvalue weighted by molar-refractivity contribution is -0.179. The molecule has 1 saturated carbocycles. The van der Waals surface area contributed by atoms with Crippen molar-refractivity contribution in [1.29, 1.82) is 0 Å². The highest BCUT2D eigenvalue weighted by Gasteiger charge is 2.40. The van der Waals surface area contributed by atoms with E-state index in [9.17, 15) is 4.79 Å². The minimum atomic E-state index is -0.392. The second kappa shape index (κ2) is 7.15. The van der Waals surface area contributed by atoms with Gasteiger partial charge < -0.3 is 24.7 Å². The largest absolute Gasteiger partial charge is 0.348 e. The number of fused-ring (bicyclic) bond motifs is 1. The van der Waals surface area contributed by atoms with Crippen LogP contribution < -0.4 is 10.6 Å². The SMILES string of the molecule is CC(C)[C@@H](NC(=O)NC1CCC2(CC1)OCCO2)c1nnc2n1CCC2. The first kappa shape index (κ1) is 17.7. The van der Waals surface area contributed by atoms with Crippen molar-refractivity contribution in [1.82, 2.24) is 25.4 Å². The molecule has 0 radical (unpaired) electrons. The highest BCUT2D eigenvalue weighted by Crippen LogP contribution is 2.35. The van der Waals surface area contributed by atoms with Crippen LogP contribution in [0.3, 0.4) is 0 Å². The van der Waals surface area contributed by atoms with Gasteiger partial charge in [0.1, 0.15) is 5.82 Å². The second-order valence-corrected chi connectivity index (χ2v) is 7.95. The molecule has 1 aromatic heterocycles. The summed E-state index contributed by atoms with van der Waals surface area (Å²) in [7, 11) is 0. The van der Waals surface area contributed by atoms with Crippen LogP contribution in [0.5, 0.6) is 0 Å². The quantitative estimate of drug-likeness (QED) is 0.853. The molecule has 8 nitrogen and oxygen atoms in total. The Hall–Kier alpha value is -1.67. The normalized spacial score (nSPS) is 23.3. The predicted molar refractivity (Wildman–Crippen MR) is 94.5 cm³/mol. The Morgan fingerprint density at radius 2 is 1.96 bits per heavy atom. The number of hydrogen-bond donors (Lipinski definition) is 2. The van der Waals surface area contributed by atoms with Crippen molar-refractivity contribution < 1.29 is 14.3 Å². The summed E-state index contributed by atoms with van der Waals surface area (Å²) in [6.07, 6.45) is 5.49. The maximum absolute atomic E-state index is 12.6. The van der Waals surface area contributed by atoms with Crippen LogP contribution in [0.4, 0.5) is 4.79 Å². The number of nitrogens with zero attached hydrogens (tertiary/aromatic N) is 3. The number of rotatable bonds is 4. The number of ether oxygens (including phenoxy) is 2. The van der Waals surface area contributed by atoms with Gasteiger partial charge in [0.25, 0.3) is 0 Å². The van der Waals surface area contributed by atoms with Crippen LogP contribution in [0.25, 0.3) is 0 Å². The first-order chi connectivity index (χ1) is 12.6. The Bertz CT molecular complexity index is 643. The van der Waals surface area contributed by atoms with Gasteiger partial charge >= 0.3 is 6.03 Å². The van der Waals surface area contributed by atoms with Crippen LogP contribution in [0.15, 0.2) is 0 Å². The van der Waals surface area contributed by atoms with E-state index in [-0.39, 0.29) is 24.0 Å². The van der Waals surface area contributed by atoms with Crippen LogP contribution in [0.1, 0.15) is 63.6 Å². The standard InChI is InChI=1S/C18H29N5O3/c1-12(2)15(16-22-21-14-4-3-9-23(14)16)20-17(24)19-13-5-7-18(8-6-13)25-10-11-26-18/h12-13,15H,3-11H2,1-2H3,(H2,19,20,24)/t15-/m1/s1. The van der Waals surface area contributed by atoms with E-state index < -0.39 is 5.79 Å². The van der Waals surface area contributed by atoms with E-state index in [1.807, 2.05) is 0 Å². The van der Waals surface area contributed by atoms with Crippen molar-refractivity contribution in [3.63, 3.8) is 0 Å². The Labute approximate surface area is 154 Å². The molecule has 1 aromatic rings. The average molecular weight is 363 g/mol. The number of amides is 2. The van der Waals surface area contributed by atoms with Crippen LogP contribution in [-0.4, -0.2) is 45.8 Å². The summed E-state index contributed by atoms with van der Waals surface area (Å²) in [4.78, 5) is 12.6. The van der Waals surface area contributed by atoms with E-state index in [0.717, 1.165) is 56.7 Å². The van der Waals surface area contributed by atoms with Gasteiger partial charge in [0, 0.05) is 31.8 Å². The topological polar surface area (TPSA) is 90.3 Å². The monoisotopic (exact) mass is 363 g/mol. The number of aromatic nitrogens is 3. The summed E-state index contributed by atoms with van der Waals surface area (Å²) in [6.45, 7) is 6.49. The van der Waals surface area contributed by atoms with Crippen LogP contribution in [0, 0.1) is 5.92 Å². The molecule has 2 N–H and O–H groups in total. The molecule has 144 valence electrons. The fraction of sp³-hybridized carbons (Fsp3) is 0.833. The molecule has 2 fully saturated rings. The summed E-state index contributed by atoms with van der Waals surface area (Å²) < 4.78 is 13.7. The first-order valence-corrected chi connectivity index (χ1v) is 9.83. The minimum Gasteiger partial charge on any atom is -0.348 e. The van der Waals surface area contributed by atoms with E-state index in [4.69, 9.17) is 9.47 Å². The summed E-state index contributed by atoms with van der Waals surface area (Å²) >= 11 is 0. The molecule has 2 amide bonds. The third-order valence-corrected chi connectivity index (χ3v) is 5.77. The lowest BCUT2D eigenvalue weighted by Crippen LogP contribution is -2.48. The highest BCUT2D eigenvalue weighted by molar-refractivity contribution is 5.74. The molecule has 0 aromatic carbocycles. The highest BCUT2D eigenvalue weighted by atomic mass is 16.7. The molecule has 8 heteroatoms. The van der Waals surface area contributed by atoms with Crippen molar-refractivity contribution in [2.24, 2.45) is 5.92 Å². The molecule has 0 unspecified atom stereocenters. The Balaban J connectivity index is 1.34. The number of carbonyl (C=O) groups is 1. The van der Waals surface area contributed by atoms with E-state index in [0.29, 0.717) is 13.2 Å². The lowest BCUT2D eigenvalue weighted by Gasteiger charge is -2.35. The van der Waals surface area contributed by atoms with Gasteiger partial charge in [0.2, 0.25) is 0 Å². The fourth-order valence-electron chi connectivity index (χ4n) is 4.29. The number of nitrogens with one attached hydrogen (secondary N) is 2. The molecule has 0 bridgehead atoms. The molecule has 26 heavy (non-hydrogen) atoms. The molecule has 3 heterocycles. The molecule has 1 atom stereocenters. The predicted octanol–water partition coefficient (Wildman–Crippen LogP) is 1.91. The lowest BCUT2D eigenvalue weighted by atomic mass is 9.90. The summed E-state index contributed by atoms with van der Waals surface area (Å²) in [6, 6.07) is -0.107. The Morgan fingerprint density at radius 3 is 2.65 bits per heavy atom. The van der Waals surface area contributed by atoms with Crippen LogP contribution in [0.2, 0.25) is 0 Å². The van der Waals surface area contributed by atoms with Crippen LogP contribution in [-0.2, 0) is 22.4 Å². The Kier molecular flexibility index (Phi) is 4.88. The molecule has 1 saturated heterocycles. The zero-order chi connectivity index (χ0) is 18.1. The molecule has 4 rings (SSSR count). The summed E-state index contributed by atoms with van der Waals surface area (Å²) in [5.41, 5.74) is 0. The maximum Gasteiger partial charge on any atom is 0.315 e. The number of aryl methyl sites for hydroxylation is 1. The van der Waals surface area contributed by atoms with Gasteiger partial charge in [-0.1, -0.05) is 13.8 Å². The molecular formula is C18H29N5O3. The molecule has 1 aliphatic carbocycles. The van der Waals surface area contributed by atoms with Crippen molar-refractivity contribution >= 4 is 6.03 Å². The van der Waals surface area contributed by atoms with E-state index in [1.165, 1.54) is 0 Å². The van der Waals surface area contributed by atoms with E-state index >= 15 is 0 Å². The smallest absolute Gasteiger partial charge is 0.315 e. The molecule has 1 spiro atoms. The van der Waals surface area contributed by atoms with Crippen molar-refractivity contribution in [2.75, 3.05) is 13.2 Å². The van der Waals surface area contributed by atoms with Crippen molar-refractivity contribution in [2.45, 2.75) is 76.8 Å². The van der Waals surface area contributed by atoms with Crippen LogP contribution >= 0.6 is 0 Å². The second-order valence-electron chi connectivity index (χ2n) is 7.95. The molecule has 2 aliphatic heterocycles. The maximum atomic E-state index is 12.6. The van der Waals surface area contributed by atoms with Gasteiger partial charge in [-0.15, -0.1) is 10.2 Å². The first-order valence-electron chi connectivity index (χ1n) is 9.83. The number of carbonyl (C=O) groups excluding carboxylic acids is 1. The van der Waals surface area contributed by atoms with Gasteiger partial charge in [-0.25, -0.2) is 4.79 Å². The van der Waals surface area contributed by atoms with Gasteiger partial charge in [-0.05, 0) is 25.2 Å². The van der Waals surface area contributed by atoms with Crippen molar-refractivity contribution in [3.05, 3.63) is 11.6 Å². The summed E-state index contributed by atoms with van der Waals surface area (Å²) in [5, 5.41) is 14.9. The Morgan fingerprint density at radius 1 is 1.23 bits per heavy atom.